The summed E-state index contributed by atoms with van der Waals surface area (Å²) in [5, 5.41) is 6.89. The highest BCUT2D eigenvalue weighted by molar-refractivity contribution is 5.79. The first-order valence-electron chi connectivity index (χ1n) is 11.8. The van der Waals surface area contributed by atoms with E-state index >= 15 is 0 Å². The van der Waals surface area contributed by atoms with Crippen LogP contribution >= 0.6 is 0 Å². The van der Waals surface area contributed by atoms with Gasteiger partial charge in [-0.05, 0) is 63.0 Å². The first kappa shape index (κ1) is 24.3. The molecular weight excluding hydrogens is 404 g/mol. The maximum Gasteiger partial charge on any atom is 0.191 e. The maximum atomic E-state index is 5.73. The Labute approximate surface area is 192 Å². The third-order valence-electron chi connectivity index (χ3n) is 5.52. The van der Waals surface area contributed by atoms with Crippen LogP contribution in [0.2, 0.25) is 0 Å². The number of ether oxygens (including phenoxy) is 2. The van der Waals surface area contributed by atoms with Crippen molar-refractivity contribution in [2.24, 2.45) is 4.99 Å². The Balaban J connectivity index is 1.55. The second-order valence-corrected chi connectivity index (χ2v) is 7.92. The Kier molecular flexibility index (Phi) is 10.6. The molecule has 32 heavy (non-hydrogen) atoms. The Morgan fingerprint density at radius 1 is 1.06 bits per heavy atom. The SMILES string of the molecule is CCNC(=NCc1cccc(COCCOCC)c1)NCC(c1ccco1)N1CCCC1. The van der Waals surface area contributed by atoms with Gasteiger partial charge in [0.2, 0.25) is 0 Å². The lowest BCUT2D eigenvalue weighted by atomic mass is 10.1. The van der Waals surface area contributed by atoms with E-state index in [0.29, 0.717) is 26.4 Å². The van der Waals surface area contributed by atoms with E-state index in [1.54, 1.807) is 6.26 Å². The maximum absolute atomic E-state index is 5.73. The third kappa shape index (κ3) is 7.97. The predicted molar refractivity (Wildman–Crippen MR) is 128 cm³/mol. The molecule has 7 nitrogen and oxygen atoms in total. The minimum Gasteiger partial charge on any atom is -0.468 e. The fourth-order valence-electron chi connectivity index (χ4n) is 3.92. The van der Waals surface area contributed by atoms with E-state index in [1.807, 2.05) is 13.0 Å². The predicted octanol–water partition coefficient (Wildman–Crippen LogP) is 3.72. The Morgan fingerprint density at radius 3 is 2.62 bits per heavy atom. The van der Waals surface area contributed by atoms with Gasteiger partial charge < -0.3 is 24.5 Å². The van der Waals surface area contributed by atoms with Crippen LogP contribution in [-0.4, -0.2) is 56.9 Å². The van der Waals surface area contributed by atoms with Gasteiger partial charge in [0.15, 0.2) is 5.96 Å². The lowest BCUT2D eigenvalue weighted by molar-refractivity contribution is 0.0453. The zero-order valence-corrected chi connectivity index (χ0v) is 19.5. The molecule has 2 heterocycles. The zero-order valence-electron chi connectivity index (χ0n) is 19.5. The van der Waals surface area contributed by atoms with Crippen LogP contribution < -0.4 is 10.6 Å². The molecule has 176 valence electrons. The summed E-state index contributed by atoms with van der Waals surface area (Å²) < 4.78 is 16.7. The lowest BCUT2D eigenvalue weighted by Crippen LogP contribution is -2.42. The molecule has 0 amide bonds. The molecule has 0 radical (unpaired) electrons. The van der Waals surface area contributed by atoms with E-state index in [4.69, 9.17) is 18.9 Å². The molecule has 1 unspecified atom stereocenters. The van der Waals surface area contributed by atoms with E-state index in [1.165, 1.54) is 12.8 Å². The number of rotatable bonds is 13. The number of hydrogen-bond acceptors (Lipinski definition) is 5. The Bertz CT molecular complexity index is 788. The van der Waals surface area contributed by atoms with Crippen molar-refractivity contribution < 1.29 is 13.9 Å². The second kappa shape index (κ2) is 13.9. The standard InChI is InChI=1S/C25H38N4O3/c1-3-26-25(28-19-23(24-11-8-14-32-24)29-12-5-6-13-29)27-18-21-9-7-10-22(17-21)20-31-16-15-30-4-2/h7-11,14,17,23H,3-6,12-13,15-16,18-20H2,1-2H3,(H2,26,27,28). The van der Waals surface area contributed by atoms with E-state index in [2.05, 4.69) is 52.8 Å². The van der Waals surface area contributed by atoms with Crippen molar-refractivity contribution >= 4 is 5.96 Å². The highest BCUT2D eigenvalue weighted by Gasteiger charge is 2.25. The van der Waals surface area contributed by atoms with Gasteiger partial charge in [0, 0.05) is 19.7 Å². The molecule has 1 aromatic heterocycles. The summed E-state index contributed by atoms with van der Waals surface area (Å²) in [5.74, 6) is 1.83. The molecule has 1 atom stereocenters. The van der Waals surface area contributed by atoms with E-state index < -0.39 is 0 Å². The quantitative estimate of drug-likeness (QED) is 0.280. The molecular formula is C25H38N4O3. The average molecular weight is 443 g/mol. The summed E-state index contributed by atoms with van der Waals surface area (Å²) in [5.41, 5.74) is 2.31. The minimum atomic E-state index is 0.216. The molecule has 0 spiro atoms. The van der Waals surface area contributed by atoms with Crippen molar-refractivity contribution in [2.45, 2.75) is 45.9 Å². The third-order valence-corrected chi connectivity index (χ3v) is 5.52. The Morgan fingerprint density at radius 2 is 1.88 bits per heavy atom. The van der Waals surface area contributed by atoms with Gasteiger partial charge in [0.1, 0.15) is 5.76 Å². The van der Waals surface area contributed by atoms with Crippen LogP contribution in [0.25, 0.3) is 0 Å². The van der Waals surface area contributed by atoms with Crippen LogP contribution in [0.3, 0.4) is 0 Å². The van der Waals surface area contributed by atoms with E-state index in [9.17, 15) is 0 Å². The van der Waals surface area contributed by atoms with Crippen LogP contribution in [0.5, 0.6) is 0 Å². The zero-order chi connectivity index (χ0) is 22.4. The Hall–Kier alpha value is -2.35. The minimum absolute atomic E-state index is 0.216. The molecule has 1 aliphatic rings. The fraction of sp³-hybridized carbons (Fsp3) is 0.560. The number of nitrogens with zero attached hydrogens (tertiary/aromatic N) is 2. The molecule has 1 fully saturated rings. The molecule has 1 saturated heterocycles. The number of guanidine groups is 1. The molecule has 1 aromatic carbocycles. The van der Waals surface area contributed by atoms with Crippen molar-refractivity contribution in [1.29, 1.82) is 0 Å². The van der Waals surface area contributed by atoms with Crippen molar-refractivity contribution in [3.63, 3.8) is 0 Å². The van der Waals surface area contributed by atoms with Gasteiger partial charge >= 0.3 is 0 Å². The highest BCUT2D eigenvalue weighted by Crippen LogP contribution is 2.24. The van der Waals surface area contributed by atoms with Crippen LogP contribution in [-0.2, 0) is 22.6 Å². The smallest absolute Gasteiger partial charge is 0.191 e. The number of hydrogen-bond donors (Lipinski definition) is 2. The topological polar surface area (TPSA) is 71.3 Å². The summed E-state index contributed by atoms with van der Waals surface area (Å²) in [6.45, 7) is 11.0. The normalized spacial score (nSPS) is 15.8. The second-order valence-electron chi connectivity index (χ2n) is 7.92. The molecule has 0 saturated carbocycles. The number of likely N-dealkylation sites (tertiary alicyclic amines) is 1. The summed E-state index contributed by atoms with van der Waals surface area (Å²) in [6.07, 6.45) is 4.25. The molecule has 2 aromatic rings. The van der Waals surface area contributed by atoms with Crippen molar-refractivity contribution in [1.82, 2.24) is 15.5 Å². The fourth-order valence-corrected chi connectivity index (χ4v) is 3.92. The first-order valence-corrected chi connectivity index (χ1v) is 11.8. The van der Waals surface area contributed by atoms with Crippen LogP contribution in [0, 0.1) is 0 Å². The van der Waals surface area contributed by atoms with E-state index in [0.717, 1.165) is 55.6 Å². The van der Waals surface area contributed by atoms with Crippen molar-refractivity contribution in [3.05, 3.63) is 59.5 Å². The van der Waals surface area contributed by atoms with Crippen LogP contribution in [0.1, 0.15) is 49.6 Å². The van der Waals surface area contributed by atoms with Gasteiger partial charge in [0.05, 0.1) is 38.7 Å². The molecule has 3 rings (SSSR count). The first-order chi connectivity index (χ1) is 15.8. The monoisotopic (exact) mass is 442 g/mol. The molecule has 2 N–H and O–H groups in total. The summed E-state index contributed by atoms with van der Waals surface area (Å²) in [4.78, 5) is 7.30. The van der Waals surface area contributed by atoms with Gasteiger partial charge in [-0.2, -0.15) is 0 Å². The number of benzene rings is 1. The summed E-state index contributed by atoms with van der Waals surface area (Å²) in [7, 11) is 0. The van der Waals surface area contributed by atoms with Gasteiger partial charge in [-0.3, -0.25) is 4.90 Å². The number of aliphatic imine (C=N–C) groups is 1. The van der Waals surface area contributed by atoms with Gasteiger partial charge in [-0.15, -0.1) is 0 Å². The van der Waals surface area contributed by atoms with Gasteiger partial charge in [-0.1, -0.05) is 24.3 Å². The van der Waals surface area contributed by atoms with Gasteiger partial charge in [-0.25, -0.2) is 4.99 Å². The van der Waals surface area contributed by atoms with Crippen molar-refractivity contribution in [2.75, 3.05) is 46.0 Å². The summed E-state index contributed by atoms with van der Waals surface area (Å²) >= 11 is 0. The number of nitrogens with one attached hydrogen (secondary N) is 2. The average Bonchev–Trinajstić information content (AvgIpc) is 3.53. The van der Waals surface area contributed by atoms with E-state index in [-0.39, 0.29) is 6.04 Å². The van der Waals surface area contributed by atoms with Crippen LogP contribution in [0.4, 0.5) is 0 Å². The molecule has 1 aliphatic heterocycles. The summed E-state index contributed by atoms with van der Waals surface area (Å²) in [6, 6.07) is 12.7. The molecule has 0 aliphatic carbocycles. The lowest BCUT2D eigenvalue weighted by Gasteiger charge is -2.26. The molecule has 7 heteroatoms. The van der Waals surface area contributed by atoms with Gasteiger partial charge in [0.25, 0.3) is 0 Å². The highest BCUT2D eigenvalue weighted by atomic mass is 16.5. The number of furan rings is 1. The van der Waals surface area contributed by atoms with Crippen LogP contribution in [0.15, 0.2) is 52.1 Å². The molecule has 0 bridgehead atoms. The van der Waals surface area contributed by atoms with Crippen molar-refractivity contribution in [3.8, 4) is 0 Å². The largest absolute Gasteiger partial charge is 0.468 e.